The summed E-state index contributed by atoms with van der Waals surface area (Å²) >= 11 is 0. The first-order valence-electron chi connectivity index (χ1n) is 3.50. The Morgan fingerprint density at radius 2 is 2.40 bits per heavy atom. The van der Waals surface area contributed by atoms with E-state index in [0.29, 0.717) is 0 Å². The zero-order valence-electron chi connectivity index (χ0n) is 6.19. The van der Waals surface area contributed by atoms with Gasteiger partial charge in [0.15, 0.2) is 0 Å². The van der Waals surface area contributed by atoms with Crippen LogP contribution in [0.4, 0.5) is 0 Å². The fourth-order valence-corrected chi connectivity index (χ4v) is 0.662. The standard InChI is InChI=1S/C6H13N3O/c1-2-3-4-6(10)5-8-9-7/h6,10H,2-5H2,1H3/t6-/m1/s1. The quantitative estimate of drug-likeness (QED) is 0.356. The minimum atomic E-state index is -0.448. The van der Waals surface area contributed by atoms with Crippen LogP contribution in [0, 0.1) is 0 Å². The van der Waals surface area contributed by atoms with E-state index in [1.807, 2.05) is 0 Å². The molecule has 58 valence electrons. The van der Waals surface area contributed by atoms with Crippen molar-refractivity contribution in [2.24, 2.45) is 5.11 Å². The van der Waals surface area contributed by atoms with Gasteiger partial charge in [0.25, 0.3) is 0 Å². The number of nitrogens with zero attached hydrogens (tertiary/aromatic N) is 3. The Bertz CT molecular complexity index is 120. The monoisotopic (exact) mass is 143 g/mol. The van der Waals surface area contributed by atoms with Crippen molar-refractivity contribution < 1.29 is 5.11 Å². The SMILES string of the molecule is CCCC[C@@H](O)CN=[N+]=[N-]. The molecule has 0 bridgehead atoms. The van der Waals surface area contributed by atoms with Gasteiger partial charge in [-0.05, 0) is 12.0 Å². The van der Waals surface area contributed by atoms with Crippen LogP contribution in [0.2, 0.25) is 0 Å². The fourth-order valence-electron chi connectivity index (χ4n) is 0.662. The molecule has 0 saturated carbocycles. The summed E-state index contributed by atoms with van der Waals surface area (Å²) in [5.41, 5.74) is 7.89. The zero-order valence-corrected chi connectivity index (χ0v) is 6.19. The van der Waals surface area contributed by atoms with Gasteiger partial charge in [0.1, 0.15) is 0 Å². The summed E-state index contributed by atoms with van der Waals surface area (Å²) in [6, 6.07) is 0. The summed E-state index contributed by atoms with van der Waals surface area (Å²) in [6.45, 7) is 2.26. The molecule has 0 heterocycles. The van der Waals surface area contributed by atoms with Gasteiger partial charge in [0.05, 0.1) is 12.6 Å². The minimum Gasteiger partial charge on any atom is -0.393 e. The van der Waals surface area contributed by atoms with Crippen LogP contribution in [0.3, 0.4) is 0 Å². The molecule has 0 rings (SSSR count). The molecule has 0 aromatic heterocycles. The average molecular weight is 143 g/mol. The lowest BCUT2D eigenvalue weighted by molar-refractivity contribution is 0.169. The number of hydrogen-bond acceptors (Lipinski definition) is 2. The van der Waals surface area contributed by atoms with Crippen molar-refractivity contribution in [2.45, 2.75) is 32.3 Å². The third-order valence-electron chi connectivity index (χ3n) is 1.25. The third-order valence-corrected chi connectivity index (χ3v) is 1.25. The van der Waals surface area contributed by atoms with Crippen LogP contribution in [-0.2, 0) is 0 Å². The summed E-state index contributed by atoms with van der Waals surface area (Å²) in [7, 11) is 0. The van der Waals surface area contributed by atoms with Crippen molar-refractivity contribution in [2.75, 3.05) is 6.54 Å². The van der Waals surface area contributed by atoms with E-state index in [-0.39, 0.29) is 6.54 Å². The topological polar surface area (TPSA) is 69.0 Å². The molecule has 0 fully saturated rings. The maximum atomic E-state index is 9.05. The Morgan fingerprint density at radius 1 is 1.70 bits per heavy atom. The molecule has 1 atom stereocenters. The predicted molar refractivity (Wildman–Crippen MR) is 39.5 cm³/mol. The van der Waals surface area contributed by atoms with Crippen LogP contribution >= 0.6 is 0 Å². The molecule has 0 aliphatic rings. The molecule has 10 heavy (non-hydrogen) atoms. The van der Waals surface area contributed by atoms with Crippen molar-refractivity contribution >= 4 is 0 Å². The zero-order chi connectivity index (χ0) is 7.82. The van der Waals surface area contributed by atoms with E-state index in [1.165, 1.54) is 0 Å². The molecule has 0 aromatic carbocycles. The van der Waals surface area contributed by atoms with E-state index in [4.69, 9.17) is 10.6 Å². The highest BCUT2D eigenvalue weighted by Gasteiger charge is 1.99. The van der Waals surface area contributed by atoms with Crippen molar-refractivity contribution in [1.82, 2.24) is 0 Å². The molecule has 0 amide bonds. The Morgan fingerprint density at radius 3 is 2.90 bits per heavy atom. The predicted octanol–water partition coefficient (Wildman–Crippen LogP) is 1.85. The third kappa shape index (κ3) is 5.41. The highest BCUT2D eigenvalue weighted by atomic mass is 16.3. The van der Waals surface area contributed by atoms with Gasteiger partial charge in [-0.15, -0.1) is 0 Å². The van der Waals surface area contributed by atoms with Crippen molar-refractivity contribution in [3.05, 3.63) is 10.4 Å². The van der Waals surface area contributed by atoms with Crippen molar-refractivity contribution in [3.63, 3.8) is 0 Å². The Balaban J connectivity index is 3.24. The van der Waals surface area contributed by atoms with E-state index in [9.17, 15) is 0 Å². The molecule has 0 aliphatic carbocycles. The molecule has 1 N–H and O–H groups in total. The number of unbranched alkanes of at least 4 members (excludes halogenated alkanes) is 1. The smallest absolute Gasteiger partial charge is 0.0596 e. The summed E-state index contributed by atoms with van der Waals surface area (Å²) < 4.78 is 0. The number of azide groups is 1. The summed E-state index contributed by atoms with van der Waals surface area (Å²) in [5, 5.41) is 12.3. The Labute approximate surface area is 60.5 Å². The molecular weight excluding hydrogens is 130 g/mol. The van der Waals surface area contributed by atoms with Crippen LogP contribution in [0.15, 0.2) is 5.11 Å². The first-order valence-corrected chi connectivity index (χ1v) is 3.50. The number of aliphatic hydroxyl groups is 1. The van der Waals surface area contributed by atoms with Crippen LogP contribution < -0.4 is 0 Å². The lowest BCUT2D eigenvalue weighted by Crippen LogP contribution is -2.09. The second-order valence-electron chi connectivity index (χ2n) is 2.21. The molecule has 0 unspecified atom stereocenters. The van der Waals surface area contributed by atoms with Gasteiger partial charge in [-0.2, -0.15) is 0 Å². The Kier molecular flexibility index (Phi) is 5.92. The molecule has 0 spiro atoms. The average Bonchev–Trinajstić information content (AvgIpc) is 1.97. The van der Waals surface area contributed by atoms with Gasteiger partial charge in [-0.1, -0.05) is 24.9 Å². The second-order valence-corrected chi connectivity index (χ2v) is 2.21. The molecule has 0 aliphatic heterocycles. The highest BCUT2D eigenvalue weighted by molar-refractivity contribution is 4.58. The summed E-state index contributed by atoms with van der Waals surface area (Å²) in [4.78, 5) is 2.55. The van der Waals surface area contributed by atoms with Crippen LogP contribution in [0.25, 0.3) is 10.4 Å². The van der Waals surface area contributed by atoms with Gasteiger partial charge >= 0.3 is 0 Å². The molecule has 4 nitrogen and oxygen atoms in total. The number of aliphatic hydroxyl groups excluding tert-OH is 1. The highest BCUT2D eigenvalue weighted by Crippen LogP contribution is 1.99. The second kappa shape index (κ2) is 6.39. The van der Waals surface area contributed by atoms with Crippen LogP contribution in [0.5, 0.6) is 0 Å². The van der Waals surface area contributed by atoms with Crippen LogP contribution in [-0.4, -0.2) is 17.8 Å². The minimum absolute atomic E-state index is 0.205. The number of rotatable bonds is 5. The first kappa shape index (κ1) is 9.27. The first-order chi connectivity index (χ1) is 4.81. The van der Waals surface area contributed by atoms with Crippen molar-refractivity contribution in [1.29, 1.82) is 0 Å². The van der Waals surface area contributed by atoms with E-state index >= 15 is 0 Å². The van der Waals surface area contributed by atoms with E-state index in [2.05, 4.69) is 16.9 Å². The van der Waals surface area contributed by atoms with Crippen molar-refractivity contribution in [3.8, 4) is 0 Å². The largest absolute Gasteiger partial charge is 0.393 e. The van der Waals surface area contributed by atoms with Gasteiger partial charge < -0.3 is 5.11 Å². The van der Waals surface area contributed by atoms with E-state index in [1.54, 1.807) is 0 Å². The summed E-state index contributed by atoms with van der Waals surface area (Å²) in [6.07, 6.45) is 2.33. The molecular formula is C6H13N3O. The van der Waals surface area contributed by atoms with Gasteiger partial charge in [0.2, 0.25) is 0 Å². The van der Waals surface area contributed by atoms with Gasteiger partial charge in [-0.3, -0.25) is 0 Å². The maximum absolute atomic E-state index is 9.05. The number of hydrogen-bond donors (Lipinski definition) is 1. The van der Waals surface area contributed by atoms with Gasteiger partial charge in [-0.25, -0.2) is 0 Å². The van der Waals surface area contributed by atoms with E-state index in [0.717, 1.165) is 19.3 Å². The fraction of sp³-hybridized carbons (Fsp3) is 1.00. The lowest BCUT2D eigenvalue weighted by atomic mass is 10.2. The van der Waals surface area contributed by atoms with E-state index < -0.39 is 6.10 Å². The molecule has 0 radical (unpaired) electrons. The molecule has 0 saturated heterocycles. The summed E-state index contributed by atoms with van der Waals surface area (Å²) in [5.74, 6) is 0. The normalized spacial score (nSPS) is 12.2. The lowest BCUT2D eigenvalue weighted by Gasteiger charge is -2.03. The van der Waals surface area contributed by atoms with Gasteiger partial charge in [0, 0.05) is 4.91 Å². The maximum Gasteiger partial charge on any atom is 0.0596 e. The molecule has 0 aromatic rings. The molecule has 4 heteroatoms. The van der Waals surface area contributed by atoms with Crippen LogP contribution in [0.1, 0.15) is 26.2 Å². The Hall–Kier alpha value is -0.730.